The number of fused-ring (bicyclic) bond motifs is 1. The number of pyridine rings is 1. The second-order valence-electron chi connectivity index (χ2n) is 5.89. The highest BCUT2D eigenvalue weighted by Crippen LogP contribution is 2.28. The Kier molecular flexibility index (Phi) is 5.84. The zero-order valence-corrected chi connectivity index (χ0v) is 16.7. The third-order valence-electron chi connectivity index (χ3n) is 3.94. The molecule has 0 amide bonds. The van der Waals surface area contributed by atoms with Crippen molar-refractivity contribution in [3.8, 4) is 0 Å². The molecule has 0 aliphatic heterocycles. The van der Waals surface area contributed by atoms with Gasteiger partial charge in [0.05, 0.1) is 24.9 Å². The number of halogens is 1. The molecule has 142 valence electrons. The lowest BCUT2D eigenvalue weighted by Gasteiger charge is -2.10. The standard InChI is InChI=1S/C17H20BrN7O2/c1-3-4-7-20-15-13-12(22-17(19)23-15)14(18)24-25(13)9-11-6-5-10(8-21-11)16(26)27-2/h5-6,8H,3-4,7,9H2,1-2H3,(H3,19,20,22,23). The van der Waals surface area contributed by atoms with Gasteiger partial charge in [0, 0.05) is 12.7 Å². The van der Waals surface area contributed by atoms with Crippen molar-refractivity contribution in [1.82, 2.24) is 24.7 Å². The summed E-state index contributed by atoms with van der Waals surface area (Å²) in [5.74, 6) is 0.394. The van der Waals surface area contributed by atoms with Gasteiger partial charge in [-0.25, -0.2) is 9.78 Å². The number of aromatic nitrogens is 5. The lowest BCUT2D eigenvalue weighted by molar-refractivity contribution is 0.0600. The van der Waals surface area contributed by atoms with Gasteiger partial charge in [-0.2, -0.15) is 10.1 Å². The Hall–Kier alpha value is -2.75. The molecule has 27 heavy (non-hydrogen) atoms. The fourth-order valence-corrected chi connectivity index (χ4v) is 3.06. The van der Waals surface area contributed by atoms with Crippen LogP contribution in [0.25, 0.3) is 11.0 Å². The minimum Gasteiger partial charge on any atom is -0.465 e. The Morgan fingerprint density at radius 3 is 2.85 bits per heavy atom. The molecule has 10 heteroatoms. The fraction of sp³-hybridized carbons (Fsp3) is 0.353. The average Bonchev–Trinajstić information content (AvgIpc) is 2.97. The summed E-state index contributed by atoms with van der Waals surface area (Å²) in [5.41, 5.74) is 8.34. The molecular weight excluding hydrogens is 414 g/mol. The van der Waals surface area contributed by atoms with Crippen LogP contribution in [0.5, 0.6) is 0 Å². The fourth-order valence-electron chi connectivity index (χ4n) is 2.60. The number of nitrogens with zero attached hydrogens (tertiary/aromatic N) is 5. The lowest BCUT2D eigenvalue weighted by Crippen LogP contribution is -2.10. The highest BCUT2D eigenvalue weighted by molar-refractivity contribution is 9.10. The van der Waals surface area contributed by atoms with Gasteiger partial charge in [0.1, 0.15) is 11.0 Å². The molecule has 0 saturated heterocycles. The minimum atomic E-state index is -0.424. The number of rotatable bonds is 7. The van der Waals surface area contributed by atoms with Crippen LogP contribution in [0.3, 0.4) is 0 Å². The summed E-state index contributed by atoms with van der Waals surface area (Å²) in [5, 5.41) is 7.80. The van der Waals surface area contributed by atoms with E-state index >= 15 is 0 Å². The number of ether oxygens (including phenoxy) is 1. The van der Waals surface area contributed by atoms with E-state index in [1.807, 2.05) is 0 Å². The molecule has 3 aromatic rings. The van der Waals surface area contributed by atoms with Crippen molar-refractivity contribution in [2.75, 3.05) is 24.7 Å². The summed E-state index contributed by atoms with van der Waals surface area (Å²) in [6, 6.07) is 3.43. The van der Waals surface area contributed by atoms with E-state index in [4.69, 9.17) is 5.73 Å². The Morgan fingerprint density at radius 1 is 1.37 bits per heavy atom. The predicted molar refractivity (Wildman–Crippen MR) is 106 cm³/mol. The molecule has 0 aliphatic rings. The quantitative estimate of drug-likeness (QED) is 0.430. The van der Waals surface area contributed by atoms with Gasteiger partial charge in [0.25, 0.3) is 0 Å². The molecule has 0 saturated carbocycles. The summed E-state index contributed by atoms with van der Waals surface area (Å²) in [6.07, 6.45) is 3.56. The zero-order valence-electron chi connectivity index (χ0n) is 15.1. The van der Waals surface area contributed by atoms with Gasteiger partial charge < -0.3 is 15.8 Å². The van der Waals surface area contributed by atoms with Crippen LogP contribution in [0.2, 0.25) is 0 Å². The molecule has 0 fully saturated rings. The number of carbonyl (C=O) groups excluding carboxylic acids is 1. The molecule has 0 aliphatic carbocycles. The first kappa shape index (κ1) is 19.0. The minimum absolute atomic E-state index is 0.183. The Balaban J connectivity index is 1.95. The van der Waals surface area contributed by atoms with Gasteiger partial charge in [0.15, 0.2) is 10.4 Å². The first-order chi connectivity index (χ1) is 13.0. The molecule has 0 aromatic carbocycles. The Morgan fingerprint density at radius 2 is 2.19 bits per heavy atom. The van der Waals surface area contributed by atoms with E-state index in [-0.39, 0.29) is 5.95 Å². The number of hydrogen-bond acceptors (Lipinski definition) is 8. The number of anilines is 2. The first-order valence-electron chi connectivity index (χ1n) is 8.50. The molecular formula is C17H20BrN7O2. The molecule has 3 heterocycles. The van der Waals surface area contributed by atoms with Crippen molar-refractivity contribution in [3.63, 3.8) is 0 Å². The van der Waals surface area contributed by atoms with Gasteiger partial charge in [-0.1, -0.05) is 13.3 Å². The maximum absolute atomic E-state index is 11.5. The van der Waals surface area contributed by atoms with Crippen molar-refractivity contribution in [2.45, 2.75) is 26.3 Å². The molecule has 3 rings (SSSR count). The van der Waals surface area contributed by atoms with Crippen LogP contribution in [0, 0.1) is 0 Å². The van der Waals surface area contributed by atoms with Gasteiger partial charge in [0.2, 0.25) is 5.95 Å². The Bertz CT molecular complexity index is 956. The summed E-state index contributed by atoms with van der Waals surface area (Å²) in [4.78, 5) is 24.5. The van der Waals surface area contributed by atoms with Crippen molar-refractivity contribution in [2.24, 2.45) is 0 Å². The Labute approximate surface area is 164 Å². The topological polar surface area (TPSA) is 121 Å². The molecule has 9 nitrogen and oxygen atoms in total. The predicted octanol–water partition coefficient (Wildman–Crippen LogP) is 2.61. The van der Waals surface area contributed by atoms with Gasteiger partial charge in [-0.15, -0.1) is 0 Å². The van der Waals surface area contributed by atoms with Crippen LogP contribution in [0.1, 0.15) is 35.8 Å². The molecule has 0 unspecified atom stereocenters. The zero-order chi connectivity index (χ0) is 19.4. The van der Waals surface area contributed by atoms with Crippen LogP contribution in [0.4, 0.5) is 11.8 Å². The molecule has 3 N–H and O–H groups in total. The maximum atomic E-state index is 11.5. The normalized spacial score (nSPS) is 10.9. The van der Waals surface area contributed by atoms with E-state index in [0.29, 0.717) is 28.0 Å². The van der Waals surface area contributed by atoms with Gasteiger partial charge >= 0.3 is 5.97 Å². The van der Waals surface area contributed by atoms with E-state index in [9.17, 15) is 4.79 Å². The van der Waals surface area contributed by atoms with Gasteiger partial charge in [-0.3, -0.25) is 9.67 Å². The second kappa shape index (κ2) is 8.30. The molecule has 3 aromatic heterocycles. The number of unbranched alkanes of at least 4 members (excludes halogenated alkanes) is 1. The third-order valence-corrected chi connectivity index (χ3v) is 4.48. The average molecular weight is 434 g/mol. The van der Waals surface area contributed by atoms with Crippen molar-refractivity contribution in [3.05, 3.63) is 34.2 Å². The number of hydrogen-bond donors (Lipinski definition) is 2. The van der Waals surface area contributed by atoms with Crippen molar-refractivity contribution < 1.29 is 9.53 Å². The van der Waals surface area contributed by atoms with E-state index in [2.05, 4.69) is 53.0 Å². The van der Waals surface area contributed by atoms with Gasteiger partial charge in [-0.05, 0) is 34.5 Å². The smallest absolute Gasteiger partial charge is 0.339 e. The highest BCUT2D eigenvalue weighted by atomic mass is 79.9. The van der Waals surface area contributed by atoms with Crippen LogP contribution >= 0.6 is 15.9 Å². The molecule has 0 atom stereocenters. The largest absolute Gasteiger partial charge is 0.465 e. The number of esters is 1. The summed E-state index contributed by atoms with van der Waals surface area (Å²) >= 11 is 3.43. The van der Waals surface area contributed by atoms with Crippen LogP contribution in [-0.4, -0.2) is 44.4 Å². The first-order valence-corrected chi connectivity index (χ1v) is 9.29. The molecule has 0 bridgehead atoms. The van der Waals surface area contributed by atoms with Crippen LogP contribution in [0.15, 0.2) is 22.9 Å². The molecule has 0 radical (unpaired) electrons. The number of nitrogens with two attached hydrogens (primary N) is 1. The monoisotopic (exact) mass is 433 g/mol. The summed E-state index contributed by atoms with van der Waals surface area (Å²) < 4.78 is 7.03. The number of nitrogen functional groups attached to an aromatic ring is 1. The lowest BCUT2D eigenvalue weighted by atomic mass is 10.2. The van der Waals surface area contributed by atoms with Crippen molar-refractivity contribution in [1.29, 1.82) is 0 Å². The van der Waals surface area contributed by atoms with E-state index in [1.165, 1.54) is 13.3 Å². The molecule has 0 spiro atoms. The second-order valence-corrected chi connectivity index (χ2v) is 6.64. The van der Waals surface area contributed by atoms with Crippen molar-refractivity contribution >= 4 is 44.7 Å². The number of methoxy groups -OCH3 is 1. The van der Waals surface area contributed by atoms with E-state index in [0.717, 1.165) is 30.6 Å². The highest BCUT2D eigenvalue weighted by Gasteiger charge is 2.17. The van der Waals surface area contributed by atoms with Crippen LogP contribution < -0.4 is 11.1 Å². The summed E-state index contributed by atoms with van der Waals surface area (Å²) in [6.45, 7) is 3.28. The SMILES string of the molecule is CCCCNc1nc(N)nc2c(Br)nn(Cc3ccc(C(=O)OC)cn3)c12. The summed E-state index contributed by atoms with van der Waals surface area (Å²) in [7, 11) is 1.34. The number of carbonyl (C=O) groups is 1. The van der Waals surface area contributed by atoms with E-state index in [1.54, 1.807) is 16.8 Å². The van der Waals surface area contributed by atoms with E-state index < -0.39 is 5.97 Å². The van der Waals surface area contributed by atoms with Crippen LogP contribution in [-0.2, 0) is 11.3 Å². The third kappa shape index (κ3) is 4.16. The number of nitrogens with one attached hydrogen (secondary N) is 1. The maximum Gasteiger partial charge on any atom is 0.339 e.